The lowest BCUT2D eigenvalue weighted by Crippen LogP contribution is -2.02. The fraction of sp³-hybridized carbons (Fsp3) is 0.800. The minimum Gasteiger partial charge on any atom is -0.294 e. The first-order valence-electron chi connectivity index (χ1n) is 9.23. The lowest BCUT2D eigenvalue weighted by atomic mass is 10.00. The van der Waals surface area contributed by atoms with Gasteiger partial charge in [-0.05, 0) is 38.2 Å². The highest BCUT2D eigenvalue weighted by molar-refractivity contribution is 5.95. The Kier molecular flexibility index (Phi) is 15.0. The predicted molar refractivity (Wildman–Crippen MR) is 93.6 cm³/mol. The second kappa shape index (κ2) is 15.6. The van der Waals surface area contributed by atoms with E-state index in [2.05, 4.69) is 32.6 Å². The molecule has 0 aromatic carbocycles. The molecule has 21 heavy (non-hydrogen) atoms. The van der Waals surface area contributed by atoms with E-state index < -0.39 is 0 Å². The van der Waals surface area contributed by atoms with Gasteiger partial charge in [0.15, 0.2) is 5.78 Å². The van der Waals surface area contributed by atoms with E-state index in [-0.39, 0.29) is 0 Å². The number of carbonyl (C=O) groups is 1. The summed E-state index contributed by atoms with van der Waals surface area (Å²) in [6.07, 6.45) is 16.8. The van der Waals surface area contributed by atoms with Crippen LogP contribution in [-0.2, 0) is 4.79 Å². The molecule has 0 amide bonds. The van der Waals surface area contributed by atoms with Crippen molar-refractivity contribution >= 4 is 5.78 Å². The van der Waals surface area contributed by atoms with Gasteiger partial charge in [-0.3, -0.25) is 4.79 Å². The van der Waals surface area contributed by atoms with E-state index in [0.29, 0.717) is 5.78 Å². The zero-order chi connectivity index (χ0) is 15.8. The third kappa shape index (κ3) is 12.6. The summed E-state index contributed by atoms with van der Waals surface area (Å²) in [4.78, 5) is 12.3. The van der Waals surface area contributed by atoms with Gasteiger partial charge in [0.1, 0.15) is 0 Å². The number of allylic oxidation sites excluding steroid dienone is 1. The lowest BCUT2D eigenvalue weighted by Gasteiger charge is -2.04. The Labute approximate surface area is 132 Å². The molecule has 0 saturated carbocycles. The summed E-state index contributed by atoms with van der Waals surface area (Å²) in [5.41, 5.74) is 4.26. The number of hydrogen-bond donors (Lipinski definition) is 0. The van der Waals surface area contributed by atoms with Crippen molar-refractivity contribution in [1.29, 1.82) is 0 Å². The van der Waals surface area contributed by atoms with E-state index >= 15 is 0 Å². The Morgan fingerprint density at radius 2 is 1.38 bits per heavy atom. The van der Waals surface area contributed by atoms with Gasteiger partial charge in [0.2, 0.25) is 0 Å². The SMILES string of the molecule is CCCCCC=C=C(CCCC)C(=O)CCCCCCC. The first kappa shape index (κ1) is 20.2. The minimum atomic E-state index is 0.340. The molecule has 0 saturated heterocycles. The van der Waals surface area contributed by atoms with Crippen molar-refractivity contribution in [2.24, 2.45) is 0 Å². The van der Waals surface area contributed by atoms with E-state index in [9.17, 15) is 4.79 Å². The number of carbonyl (C=O) groups excluding carboxylic acids is 1. The average molecular weight is 293 g/mol. The Balaban J connectivity index is 4.24. The zero-order valence-corrected chi connectivity index (χ0v) is 14.7. The fourth-order valence-electron chi connectivity index (χ4n) is 2.38. The largest absolute Gasteiger partial charge is 0.294 e. The molecule has 0 aromatic heterocycles. The summed E-state index contributed by atoms with van der Waals surface area (Å²) in [6.45, 7) is 6.62. The molecule has 0 unspecified atom stereocenters. The molecule has 122 valence electrons. The van der Waals surface area contributed by atoms with E-state index in [1.807, 2.05) is 0 Å². The molecule has 0 aromatic rings. The highest BCUT2D eigenvalue weighted by Crippen LogP contribution is 2.13. The zero-order valence-electron chi connectivity index (χ0n) is 14.7. The van der Waals surface area contributed by atoms with Gasteiger partial charge in [0.05, 0.1) is 0 Å². The van der Waals surface area contributed by atoms with Gasteiger partial charge in [-0.2, -0.15) is 0 Å². The first-order valence-corrected chi connectivity index (χ1v) is 9.23. The van der Waals surface area contributed by atoms with Crippen molar-refractivity contribution in [3.63, 3.8) is 0 Å². The van der Waals surface area contributed by atoms with Crippen molar-refractivity contribution in [3.05, 3.63) is 17.4 Å². The van der Waals surface area contributed by atoms with Crippen LogP contribution in [0.25, 0.3) is 0 Å². The molecule has 0 N–H and O–H groups in total. The van der Waals surface area contributed by atoms with Crippen molar-refractivity contribution in [2.75, 3.05) is 0 Å². The molecule has 1 nitrogen and oxygen atoms in total. The molecular weight excluding hydrogens is 256 g/mol. The Bertz CT molecular complexity index is 308. The number of unbranched alkanes of at least 4 members (excludes halogenated alkanes) is 8. The van der Waals surface area contributed by atoms with Crippen LogP contribution in [0.1, 0.15) is 104 Å². The third-order valence-electron chi connectivity index (χ3n) is 3.85. The van der Waals surface area contributed by atoms with Gasteiger partial charge in [-0.25, -0.2) is 0 Å². The van der Waals surface area contributed by atoms with Crippen LogP contribution >= 0.6 is 0 Å². The maximum atomic E-state index is 12.3. The van der Waals surface area contributed by atoms with Crippen LogP contribution in [0.5, 0.6) is 0 Å². The number of rotatable bonds is 14. The average Bonchev–Trinajstić information content (AvgIpc) is 2.49. The molecule has 1 heteroatoms. The van der Waals surface area contributed by atoms with Crippen LogP contribution < -0.4 is 0 Å². The predicted octanol–water partition coefficient (Wildman–Crippen LogP) is 6.77. The summed E-state index contributed by atoms with van der Waals surface area (Å²) in [5, 5.41) is 0. The quantitative estimate of drug-likeness (QED) is 0.196. The summed E-state index contributed by atoms with van der Waals surface area (Å²) in [6, 6.07) is 0. The standard InChI is InChI=1S/C20H36O/c1-4-7-10-12-14-17-19(16-9-6-3)20(21)18-15-13-11-8-5-2/h14H,4-13,15-16,18H2,1-3H3. The molecule has 0 fully saturated rings. The van der Waals surface area contributed by atoms with Crippen molar-refractivity contribution in [1.82, 2.24) is 0 Å². The Hall–Kier alpha value is -0.810. The number of ketones is 1. The minimum absolute atomic E-state index is 0.340. The molecule has 0 radical (unpaired) electrons. The smallest absolute Gasteiger partial charge is 0.166 e. The molecule has 0 aliphatic heterocycles. The Morgan fingerprint density at radius 3 is 2.05 bits per heavy atom. The maximum absolute atomic E-state index is 12.3. The van der Waals surface area contributed by atoms with Gasteiger partial charge < -0.3 is 0 Å². The van der Waals surface area contributed by atoms with Gasteiger partial charge in [0, 0.05) is 12.0 Å². The van der Waals surface area contributed by atoms with E-state index in [1.165, 1.54) is 44.9 Å². The van der Waals surface area contributed by atoms with Crippen LogP contribution in [0.4, 0.5) is 0 Å². The molecule has 0 spiro atoms. The molecule has 0 aliphatic rings. The second-order valence-corrected chi connectivity index (χ2v) is 6.01. The lowest BCUT2D eigenvalue weighted by molar-refractivity contribution is -0.115. The second-order valence-electron chi connectivity index (χ2n) is 6.01. The highest BCUT2D eigenvalue weighted by atomic mass is 16.1. The van der Waals surface area contributed by atoms with Crippen LogP contribution in [0, 0.1) is 0 Å². The molecule has 0 atom stereocenters. The van der Waals surface area contributed by atoms with E-state index in [4.69, 9.17) is 0 Å². The normalized spacial score (nSPS) is 10.2. The van der Waals surface area contributed by atoms with Crippen LogP contribution in [0.15, 0.2) is 17.4 Å². The van der Waals surface area contributed by atoms with Crippen LogP contribution in [0.3, 0.4) is 0 Å². The first-order chi connectivity index (χ1) is 10.3. The summed E-state index contributed by atoms with van der Waals surface area (Å²) < 4.78 is 0. The fourth-order valence-corrected chi connectivity index (χ4v) is 2.38. The van der Waals surface area contributed by atoms with E-state index in [1.54, 1.807) is 0 Å². The van der Waals surface area contributed by atoms with Crippen molar-refractivity contribution in [2.45, 2.75) is 104 Å². The van der Waals surface area contributed by atoms with Crippen molar-refractivity contribution in [3.8, 4) is 0 Å². The highest BCUT2D eigenvalue weighted by Gasteiger charge is 2.08. The van der Waals surface area contributed by atoms with Gasteiger partial charge in [-0.15, -0.1) is 5.73 Å². The molecule has 0 aliphatic carbocycles. The summed E-state index contributed by atoms with van der Waals surface area (Å²) >= 11 is 0. The van der Waals surface area contributed by atoms with Crippen molar-refractivity contribution < 1.29 is 4.79 Å². The number of Topliss-reactive ketones (excluding diaryl/α,β-unsaturated/α-hetero) is 1. The molecular formula is C20H36O. The summed E-state index contributed by atoms with van der Waals surface area (Å²) in [7, 11) is 0. The molecule has 0 rings (SSSR count). The van der Waals surface area contributed by atoms with Crippen LogP contribution in [0.2, 0.25) is 0 Å². The van der Waals surface area contributed by atoms with Gasteiger partial charge >= 0.3 is 0 Å². The third-order valence-corrected chi connectivity index (χ3v) is 3.85. The molecule has 0 heterocycles. The molecule has 0 bridgehead atoms. The summed E-state index contributed by atoms with van der Waals surface area (Å²) in [5.74, 6) is 0.340. The van der Waals surface area contributed by atoms with E-state index in [0.717, 1.165) is 44.1 Å². The number of hydrogen-bond acceptors (Lipinski definition) is 1. The van der Waals surface area contributed by atoms with Gasteiger partial charge in [-0.1, -0.05) is 65.7 Å². The van der Waals surface area contributed by atoms with Crippen LogP contribution in [-0.4, -0.2) is 5.78 Å². The Morgan fingerprint density at radius 1 is 0.762 bits per heavy atom. The van der Waals surface area contributed by atoms with Gasteiger partial charge in [0.25, 0.3) is 0 Å². The topological polar surface area (TPSA) is 17.1 Å². The monoisotopic (exact) mass is 292 g/mol. The maximum Gasteiger partial charge on any atom is 0.166 e.